The minimum Gasteiger partial charge on any atom is -0.497 e. The molecule has 118 valence electrons. The molecule has 0 radical (unpaired) electrons. The van der Waals surface area contributed by atoms with Crippen molar-refractivity contribution in [3.05, 3.63) is 29.8 Å². The Bertz CT molecular complexity index is 445. The van der Waals surface area contributed by atoms with Crippen molar-refractivity contribution in [1.82, 2.24) is 5.32 Å². The second-order valence-corrected chi connectivity index (χ2v) is 8.27. The molecule has 0 aromatic heterocycles. The molecule has 1 saturated carbocycles. The van der Waals surface area contributed by atoms with Gasteiger partial charge in [0, 0.05) is 12.1 Å². The van der Waals surface area contributed by atoms with Crippen LogP contribution in [0.5, 0.6) is 5.75 Å². The van der Waals surface area contributed by atoms with Gasteiger partial charge in [-0.3, -0.25) is 0 Å². The lowest BCUT2D eigenvalue weighted by Crippen LogP contribution is -2.44. The molecule has 1 fully saturated rings. The van der Waals surface area contributed by atoms with Crippen molar-refractivity contribution in [1.29, 1.82) is 0 Å². The third kappa shape index (κ3) is 4.47. The second-order valence-electron chi connectivity index (χ2n) is 8.27. The molecule has 1 aromatic carbocycles. The SMILES string of the molecule is COc1ccc([C@@H](C)NC2CC(C)(C)CC(C)(C)C2)cc1. The first kappa shape index (κ1) is 16.4. The van der Waals surface area contributed by atoms with Crippen molar-refractivity contribution in [2.24, 2.45) is 10.8 Å². The van der Waals surface area contributed by atoms with Crippen LogP contribution in [0.3, 0.4) is 0 Å². The van der Waals surface area contributed by atoms with Crippen molar-refractivity contribution in [2.75, 3.05) is 7.11 Å². The van der Waals surface area contributed by atoms with Crippen molar-refractivity contribution in [3.63, 3.8) is 0 Å². The molecular formula is C19H31NO. The van der Waals surface area contributed by atoms with Crippen LogP contribution in [-0.4, -0.2) is 13.2 Å². The number of rotatable bonds is 4. The lowest BCUT2D eigenvalue weighted by atomic mass is 9.63. The van der Waals surface area contributed by atoms with Gasteiger partial charge in [-0.25, -0.2) is 0 Å². The second kappa shape index (κ2) is 6.00. The number of methoxy groups -OCH3 is 1. The molecule has 1 N–H and O–H groups in total. The van der Waals surface area contributed by atoms with Crippen LogP contribution >= 0.6 is 0 Å². The molecule has 0 saturated heterocycles. The molecule has 0 heterocycles. The Labute approximate surface area is 130 Å². The third-order valence-electron chi connectivity index (χ3n) is 4.66. The van der Waals surface area contributed by atoms with Gasteiger partial charge < -0.3 is 10.1 Å². The van der Waals surface area contributed by atoms with Gasteiger partial charge in [0.1, 0.15) is 5.75 Å². The monoisotopic (exact) mass is 289 g/mol. The fourth-order valence-corrected chi connectivity index (χ4v) is 4.31. The van der Waals surface area contributed by atoms with Gasteiger partial charge in [-0.2, -0.15) is 0 Å². The minimum absolute atomic E-state index is 0.380. The molecule has 1 aliphatic carbocycles. The average Bonchev–Trinajstić information content (AvgIpc) is 2.35. The largest absolute Gasteiger partial charge is 0.497 e. The summed E-state index contributed by atoms with van der Waals surface area (Å²) in [5, 5.41) is 3.84. The molecule has 21 heavy (non-hydrogen) atoms. The maximum atomic E-state index is 5.23. The van der Waals surface area contributed by atoms with Crippen LogP contribution in [0.1, 0.15) is 65.5 Å². The maximum absolute atomic E-state index is 5.23. The first-order valence-electron chi connectivity index (χ1n) is 8.11. The van der Waals surface area contributed by atoms with E-state index in [0.29, 0.717) is 22.9 Å². The Morgan fingerprint density at radius 3 is 2.05 bits per heavy atom. The molecule has 1 aromatic rings. The van der Waals surface area contributed by atoms with Gasteiger partial charge in [0.15, 0.2) is 0 Å². The first-order chi connectivity index (χ1) is 9.71. The standard InChI is InChI=1S/C19H31NO/c1-14(15-7-9-17(21-6)10-8-15)20-16-11-18(2,3)13-19(4,5)12-16/h7-10,14,16,20H,11-13H2,1-6H3/t14-/m1/s1. The summed E-state index contributed by atoms with van der Waals surface area (Å²) >= 11 is 0. The van der Waals surface area contributed by atoms with Crippen molar-refractivity contribution in [3.8, 4) is 5.75 Å². The normalized spacial score (nSPS) is 22.8. The zero-order valence-corrected chi connectivity index (χ0v) is 14.5. The average molecular weight is 289 g/mol. The van der Waals surface area contributed by atoms with Crippen molar-refractivity contribution in [2.45, 2.75) is 66.0 Å². The lowest BCUT2D eigenvalue weighted by Gasteiger charge is -2.46. The highest BCUT2D eigenvalue weighted by Crippen LogP contribution is 2.46. The van der Waals surface area contributed by atoms with Gasteiger partial charge in [0.2, 0.25) is 0 Å². The van der Waals surface area contributed by atoms with Crippen molar-refractivity contribution >= 4 is 0 Å². The van der Waals surface area contributed by atoms with Gasteiger partial charge in [-0.1, -0.05) is 39.8 Å². The summed E-state index contributed by atoms with van der Waals surface area (Å²) in [6, 6.07) is 9.39. The van der Waals surface area contributed by atoms with Crippen LogP contribution in [0, 0.1) is 10.8 Å². The van der Waals surface area contributed by atoms with E-state index in [4.69, 9.17) is 4.74 Å². The Morgan fingerprint density at radius 1 is 1.05 bits per heavy atom. The highest BCUT2D eigenvalue weighted by atomic mass is 16.5. The van der Waals surface area contributed by atoms with Gasteiger partial charge in [-0.05, 0) is 54.7 Å². The molecule has 2 rings (SSSR count). The topological polar surface area (TPSA) is 21.3 Å². The van der Waals surface area contributed by atoms with Gasteiger partial charge in [0.05, 0.1) is 7.11 Å². The smallest absolute Gasteiger partial charge is 0.118 e. The highest BCUT2D eigenvalue weighted by molar-refractivity contribution is 5.28. The van der Waals surface area contributed by atoms with Crippen LogP contribution in [0.15, 0.2) is 24.3 Å². The Morgan fingerprint density at radius 2 is 1.57 bits per heavy atom. The fourth-order valence-electron chi connectivity index (χ4n) is 4.31. The molecule has 0 aliphatic heterocycles. The van der Waals surface area contributed by atoms with E-state index in [-0.39, 0.29) is 0 Å². The van der Waals surface area contributed by atoms with Crippen LogP contribution in [0.2, 0.25) is 0 Å². The molecular weight excluding hydrogens is 258 g/mol. The number of benzene rings is 1. The van der Waals surface area contributed by atoms with E-state index >= 15 is 0 Å². The third-order valence-corrected chi connectivity index (χ3v) is 4.66. The molecule has 1 aliphatic rings. The van der Waals surface area contributed by atoms with E-state index in [1.165, 1.54) is 24.8 Å². The number of ether oxygens (including phenoxy) is 1. The van der Waals surface area contributed by atoms with E-state index < -0.39 is 0 Å². The van der Waals surface area contributed by atoms with Crippen LogP contribution in [0.25, 0.3) is 0 Å². The first-order valence-corrected chi connectivity index (χ1v) is 8.11. The van der Waals surface area contributed by atoms with Crippen LogP contribution in [-0.2, 0) is 0 Å². The zero-order valence-electron chi connectivity index (χ0n) is 14.5. The van der Waals surface area contributed by atoms with Crippen LogP contribution < -0.4 is 10.1 Å². The van der Waals surface area contributed by atoms with E-state index in [0.717, 1.165) is 5.75 Å². The van der Waals surface area contributed by atoms with Gasteiger partial charge in [0.25, 0.3) is 0 Å². The summed E-state index contributed by atoms with van der Waals surface area (Å²) < 4.78 is 5.23. The van der Waals surface area contributed by atoms with Crippen LogP contribution in [0.4, 0.5) is 0 Å². The molecule has 2 nitrogen and oxygen atoms in total. The minimum atomic E-state index is 0.380. The zero-order chi connectivity index (χ0) is 15.7. The summed E-state index contributed by atoms with van der Waals surface area (Å²) in [5.41, 5.74) is 2.19. The molecule has 2 heteroatoms. The van der Waals surface area contributed by atoms with E-state index in [1.54, 1.807) is 7.11 Å². The predicted octanol–water partition coefficient (Wildman–Crippen LogP) is 4.95. The van der Waals surface area contributed by atoms with E-state index in [9.17, 15) is 0 Å². The Hall–Kier alpha value is -1.02. The number of hydrogen-bond donors (Lipinski definition) is 1. The summed E-state index contributed by atoms with van der Waals surface area (Å²) in [6.07, 6.45) is 3.84. The quantitative estimate of drug-likeness (QED) is 0.846. The number of hydrogen-bond acceptors (Lipinski definition) is 2. The summed E-state index contributed by atoms with van der Waals surface area (Å²) in [7, 11) is 1.71. The van der Waals surface area contributed by atoms with E-state index in [2.05, 4.69) is 52.1 Å². The fraction of sp³-hybridized carbons (Fsp3) is 0.684. The summed E-state index contributed by atoms with van der Waals surface area (Å²) in [6.45, 7) is 11.9. The molecule has 0 spiro atoms. The molecule has 0 bridgehead atoms. The number of nitrogens with one attached hydrogen (secondary N) is 1. The summed E-state index contributed by atoms with van der Waals surface area (Å²) in [5.74, 6) is 0.922. The Kier molecular flexibility index (Phi) is 4.67. The maximum Gasteiger partial charge on any atom is 0.118 e. The highest BCUT2D eigenvalue weighted by Gasteiger charge is 2.38. The lowest BCUT2D eigenvalue weighted by molar-refractivity contribution is 0.0811. The summed E-state index contributed by atoms with van der Waals surface area (Å²) in [4.78, 5) is 0. The van der Waals surface area contributed by atoms with E-state index in [1.807, 2.05) is 12.1 Å². The van der Waals surface area contributed by atoms with Gasteiger partial charge >= 0.3 is 0 Å². The predicted molar refractivity (Wildman–Crippen MR) is 89.7 cm³/mol. The molecule has 0 amide bonds. The molecule has 1 atom stereocenters. The van der Waals surface area contributed by atoms with Crippen molar-refractivity contribution < 1.29 is 4.74 Å². The Balaban J connectivity index is 2.02. The van der Waals surface area contributed by atoms with Gasteiger partial charge in [-0.15, -0.1) is 0 Å². The molecule has 0 unspecified atom stereocenters.